The van der Waals surface area contributed by atoms with Gasteiger partial charge in [0.2, 0.25) is 0 Å². The molecule has 0 atom stereocenters. The lowest BCUT2D eigenvalue weighted by atomic mass is 10.1. The van der Waals surface area contributed by atoms with Gasteiger partial charge in [0.1, 0.15) is 5.82 Å². The first-order valence-corrected chi connectivity index (χ1v) is 6.41. The molecule has 106 valence electrons. The van der Waals surface area contributed by atoms with E-state index in [2.05, 4.69) is 4.98 Å². The summed E-state index contributed by atoms with van der Waals surface area (Å²) in [5.74, 6) is 0.0324. The molecule has 1 aliphatic heterocycles. The Hall–Kier alpha value is -1.30. The number of anilines is 1. The van der Waals surface area contributed by atoms with Gasteiger partial charge < -0.3 is 9.64 Å². The number of nitrogens with zero attached hydrogens (tertiary/aromatic N) is 2. The first-order chi connectivity index (χ1) is 9.02. The summed E-state index contributed by atoms with van der Waals surface area (Å²) in [6.07, 6.45) is -1.33. The average Bonchev–Trinajstić information content (AvgIpc) is 2.39. The summed E-state index contributed by atoms with van der Waals surface area (Å²) in [5, 5.41) is 0. The second-order valence-corrected chi connectivity index (χ2v) is 4.51. The number of aromatic nitrogens is 1. The van der Waals surface area contributed by atoms with Gasteiger partial charge in [-0.1, -0.05) is 0 Å². The van der Waals surface area contributed by atoms with Crippen molar-refractivity contribution in [3.63, 3.8) is 0 Å². The Balaban J connectivity index is 2.12. The van der Waals surface area contributed by atoms with Crippen molar-refractivity contribution in [2.24, 2.45) is 0 Å². The quantitative estimate of drug-likeness (QED) is 0.847. The molecule has 0 amide bonds. The molecule has 1 saturated heterocycles. The van der Waals surface area contributed by atoms with Crippen molar-refractivity contribution >= 4 is 5.82 Å². The van der Waals surface area contributed by atoms with Gasteiger partial charge in [0.25, 0.3) is 0 Å². The van der Waals surface area contributed by atoms with Crippen LogP contribution in [0.5, 0.6) is 0 Å². The summed E-state index contributed by atoms with van der Waals surface area (Å²) >= 11 is 0. The molecule has 3 nitrogen and oxygen atoms in total. The van der Waals surface area contributed by atoms with Gasteiger partial charge in [-0.3, -0.25) is 0 Å². The molecule has 0 aliphatic carbocycles. The molecule has 0 radical (unpaired) electrons. The number of ether oxygens (including phenoxy) is 1. The van der Waals surface area contributed by atoms with E-state index >= 15 is 0 Å². The molecule has 1 aromatic heterocycles. The van der Waals surface area contributed by atoms with Crippen LogP contribution in [0.25, 0.3) is 0 Å². The maximum Gasteiger partial charge on any atom is 0.419 e. The van der Waals surface area contributed by atoms with E-state index in [1.54, 1.807) is 4.90 Å². The standard InChI is InChI=1S/C13H17F3N2O/c1-2-19-10-5-8-18(9-6-10)12-11(13(14,15)16)4-3-7-17-12/h3-4,7,10H,2,5-6,8-9H2,1H3. The minimum Gasteiger partial charge on any atom is -0.378 e. The highest BCUT2D eigenvalue weighted by Gasteiger charge is 2.36. The van der Waals surface area contributed by atoms with E-state index < -0.39 is 11.7 Å². The normalized spacial score (nSPS) is 17.8. The second-order valence-electron chi connectivity index (χ2n) is 4.51. The van der Waals surface area contributed by atoms with Gasteiger partial charge in [0, 0.05) is 25.9 Å². The molecule has 0 unspecified atom stereocenters. The zero-order chi connectivity index (χ0) is 13.9. The lowest BCUT2D eigenvalue weighted by Gasteiger charge is -2.33. The predicted octanol–water partition coefficient (Wildman–Crippen LogP) is 3.11. The van der Waals surface area contributed by atoms with Crippen LogP contribution < -0.4 is 4.90 Å². The molecule has 2 heterocycles. The van der Waals surface area contributed by atoms with E-state index in [1.165, 1.54) is 12.3 Å². The highest BCUT2D eigenvalue weighted by Crippen LogP contribution is 2.36. The molecular formula is C13H17F3N2O. The topological polar surface area (TPSA) is 25.4 Å². The third-order valence-corrected chi connectivity index (χ3v) is 3.24. The number of piperidine rings is 1. The zero-order valence-electron chi connectivity index (χ0n) is 10.8. The molecule has 1 aromatic rings. The Morgan fingerprint density at radius 2 is 2.05 bits per heavy atom. The highest BCUT2D eigenvalue weighted by atomic mass is 19.4. The lowest BCUT2D eigenvalue weighted by molar-refractivity contribution is -0.137. The third-order valence-electron chi connectivity index (χ3n) is 3.24. The Morgan fingerprint density at radius 3 is 2.63 bits per heavy atom. The summed E-state index contributed by atoms with van der Waals surface area (Å²) in [5.41, 5.74) is -0.662. The van der Waals surface area contributed by atoms with Gasteiger partial charge in [-0.15, -0.1) is 0 Å². The van der Waals surface area contributed by atoms with Crippen molar-refractivity contribution in [3.05, 3.63) is 23.9 Å². The van der Waals surface area contributed by atoms with Crippen molar-refractivity contribution in [2.45, 2.75) is 32.0 Å². The van der Waals surface area contributed by atoms with E-state index in [1.807, 2.05) is 6.92 Å². The van der Waals surface area contributed by atoms with E-state index in [4.69, 9.17) is 4.74 Å². The largest absolute Gasteiger partial charge is 0.419 e. The maximum absolute atomic E-state index is 12.9. The molecule has 19 heavy (non-hydrogen) atoms. The smallest absolute Gasteiger partial charge is 0.378 e. The summed E-state index contributed by atoms with van der Waals surface area (Å²) in [4.78, 5) is 5.60. The number of hydrogen-bond donors (Lipinski definition) is 0. The van der Waals surface area contributed by atoms with Gasteiger partial charge >= 0.3 is 6.18 Å². The fraction of sp³-hybridized carbons (Fsp3) is 0.615. The summed E-state index contributed by atoms with van der Waals surface area (Å²) in [6, 6.07) is 2.40. The van der Waals surface area contributed by atoms with E-state index in [0.717, 1.165) is 18.9 Å². The summed E-state index contributed by atoms with van der Waals surface area (Å²) in [7, 11) is 0. The molecule has 0 spiro atoms. The number of hydrogen-bond acceptors (Lipinski definition) is 3. The van der Waals surface area contributed by atoms with Crippen molar-refractivity contribution in [1.82, 2.24) is 4.98 Å². The van der Waals surface area contributed by atoms with Gasteiger partial charge in [0.05, 0.1) is 11.7 Å². The van der Waals surface area contributed by atoms with Gasteiger partial charge in [-0.2, -0.15) is 13.2 Å². The maximum atomic E-state index is 12.9. The first kappa shape index (κ1) is 14.1. The molecule has 2 rings (SSSR count). The van der Waals surface area contributed by atoms with Crippen molar-refractivity contribution < 1.29 is 17.9 Å². The van der Waals surface area contributed by atoms with Crippen molar-refractivity contribution in [3.8, 4) is 0 Å². The van der Waals surface area contributed by atoms with E-state index in [0.29, 0.717) is 19.7 Å². The number of rotatable bonds is 3. The lowest BCUT2D eigenvalue weighted by Crippen LogP contribution is -2.38. The molecule has 0 N–H and O–H groups in total. The highest BCUT2D eigenvalue weighted by molar-refractivity contribution is 5.48. The Morgan fingerprint density at radius 1 is 1.37 bits per heavy atom. The molecule has 1 fully saturated rings. The van der Waals surface area contributed by atoms with Crippen LogP contribution in [0.1, 0.15) is 25.3 Å². The van der Waals surface area contributed by atoms with Crippen LogP contribution in [0.3, 0.4) is 0 Å². The van der Waals surface area contributed by atoms with E-state index in [-0.39, 0.29) is 11.9 Å². The van der Waals surface area contributed by atoms with Gasteiger partial charge in [-0.05, 0) is 31.9 Å². The van der Waals surface area contributed by atoms with Crippen LogP contribution in [0.2, 0.25) is 0 Å². The average molecular weight is 274 g/mol. The van der Waals surface area contributed by atoms with Crippen LogP contribution in [-0.2, 0) is 10.9 Å². The zero-order valence-corrected chi connectivity index (χ0v) is 10.8. The Labute approximate surface area is 110 Å². The van der Waals surface area contributed by atoms with Crippen LogP contribution in [0.15, 0.2) is 18.3 Å². The van der Waals surface area contributed by atoms with Crippen LogP contribution >= 0.6 is 0 Å². The summed E-state index contributed by atoms with van der Waals surface area (Å²) < 4.78 is 44.2. The second kappa shape index (κ2) is 5.77. The summed E-state index contributed by atoms with van der Waals surface area (Å²) in [6.45, 7) is 3.66. The van der Waals surface area contributed by atoms with Gasteiger partial charge in [-0.25, -0.2) is 4.98 Å². The minimum absolute atomic E-state index is 0.0324. The third kappa shape index (κ3) is 3.37. The number of pyridine rings is 1. The van der Waals surface area contributed by atoms with Gasteiger partial charge in [0.15, 0.2) is 0 Å². The van der Waals surface area contributed by atoms with Crippen LogP contribution in [0, 0.1) is 0 Å². The van der Waals surface area contributed by atoms with Crippen molar-refractivity contribution in [2.75, 3.05) is 24.6 Å². The monoisotopic (exact) mass is 274 g/mol. The minimum atomic E-state index is -4.36. The van der Waals surface area contributed by atoms with Crippen LogP contribution in [0.4, 0.5) is 19.0 Å². The predicted molar refractivity (Wildman–Crippen MR) is 66.1 cm³/mol. The Kier molecular flexibility index (Phi) is 4.29. The fourth-order valence-corrected chi connectivity index (χ4v) is 2.34. The molecule has 0 bridgehead atoms. The van der Waals surface area contributed by atoms with Crippen molar-refractivity contribution in [1.29, 1.82) is 0 Å². The number of halogens is 3. The molecule has 0 saturated carbocycles. The van der Waals surface area contributed by atoms with Crippen LogP contribution in [-0.4, -0.2) is 30.8 Å². The first-order valence-electron chi connectivity index (χ1n) is 6.41. The molecule has 6 heteroatoms. The fourth-order valence-electron chi connectivity index (χ4n) is 2.34. The Bertz CT molecular complexity index is 415. The SMILES string of the molecule is CCOC1CCN(c2ncccc2C(F)(F)F)CC1. The molecule has 0 aromatic carbocycles. The molecular weight excluding hydrogens is 257 g/mol. The molecule has 1 aliphatic rings. The van der Waals surface area contributed by atoms with E-state index in [9.17, 15) is 13.2 Å². The number of alkyl halides is 3.